The molecule has 1 amide bonds. The Bertz CT molecular complexity index is 772. The van der Waals surface area contributed by atoms with Crippen molar-refractivity contribution >= 4 is 17.5 Å². The molecule has 1 saturated heterocycles. The van der Waals surface area contributed by atoms with Gasteiger partial charge in [0, 0.05) is 31.6 Å². The van der Waals surface area contributed by atoms with E-state index in [0.29, 0.717) is 18.9 Å². The van der Waals surface area contributed by atoms with E-state index in [4.69, 9.17) is 20.8 Å². The van der Waals surface area contributed by atoms with Crippen molar-refractivity contribution in [2.45, 2.75) is 44.6 Å². The van der Waals surface area contributed by atoms with Gasteiger partial charge >= 0.3 is 0 Å². The molecule has 1 atom stereocenters. The van der Waals surface area contributed by atoms with Crippen LogP contribution in [0.2, 0.25) is 5.02 Å². The molecule has 1 unspecified atom stereocenters. The number of hydrogen-bond donors (Lipinski definition) is 0. The minimum Gasteiger partial charge on any atom is -0.445 e. The van der Waals surface area contributed by atoms with Gasteiger partial charge in [-0.2, -0.15) is 0 Å². The number of carbonyl (C=O) groups is 1. The lowest BCUT2D eigenvalue weighted by Crippen LogP contribution is -2.49. The molecule has 1 aliphatic rings. The number of hydrogen-bond acceptors (Lipinski definition) is 4. The second-order valence-electron chi connectivity index (χ2n) is 7.24. The fraction of sp³-hybridized carbons (Fsp3) is 0.500. The Hall–Kier alpha value is -1.85. The number of ether oxygens (including phenoxy) is 1. The molecular weight excluding hydrogens is 352 g/mol. The van der Waals surface area contributed by atoms with Crippen LogP contribution in [0, 0.1) is 0 Å². The average Bonchev–Trinajstić information content (AvgIpc) is 3.12. The maximum absolute atomic E-state index is 12.6. The van der Waals surface area contributed by atoms with Crippen molar-refractivity contribution in [1.82, 2.24) is 9.88 Å². The van der Waals surface area contributed by atoms with E-state index in [1.165, 1.54) is 0 Å². The van der Waals surface area contributed by atoms with Crippen molar-refractivity contribution in [3.8, 4) is 0 Å². The molecular formula is C20H25ClN2O3. The van der Waals surface area contributed by atoms with Crippen LogP contribution in [0.4, 0.5) is 0 Å². The molecule has 0 radical (unpaired) electrons. The van der Waals surface area contributed by atoms with Crippen molar-refractivity contribution in [2.24, 2.45) is 0 Å². The van der Waals surface area contributed by atoms with Crippen LogP contribution in [-0.4, -0.2) is 41.6 Å². The highest BCUT2D eigenvalue weighted by Crippen LogP contribution is 2.29. The standard InChI is InChI=1S/C20H25ClN2O3/c1-20(2,25-3)19(24)23-10-6-8-15(13-23)18-22-12-16(26-18)11-14-7-4-5-9-17(14)21/h4-5,7,9,12,15H,6,8,10-11,13H2,1-3H3. The molecule has 1 aromatic heterocycles. The van der Waals surface area contributed by atoms with Gasteiger partial charge in [0.25, 0.3) is 5.91 Å². The number of likely N-dealkylation sites (tertiary alicyclic amines) is 1. The van der Waals surface area contributed by atoms with Crippen LogP contribution >= 0.6 is 11.6 Å². The summed E-state index contributed by atoms with van der Waals surface area (Å²) in [6.45, 7) is 4.95. The second-order valence-corrected chi connectivity index (χ2v) is 7.64. The Morgan fingerprint density at radius 3 is 2.92 bits per heavy atom. The maximum atomic E-state index is 12.6. The zero-order valence-corrected chi connectivity index (χ0v) is 16.3. The van der Waals surface area contributed by atoms with Gasteiger partial charge in [-0.1, -0.05) is 29.8 Å². The SMILES string of the molecule is COC(C)(C)C(=O)N1CCCC(c2ncc(Cc3ccccc3Cl)o2)C1. The van der Waals surface area contributed by atoms with Crippen molar-refractivity contribution in [2.75, 3.05) is 20.2 Å². The molecule has 1 fully saturated rings. The largest absolute Gasteiger partial charge is 0.445 e. The van der Waals surface area contributed by atoms with E-state index < -0.39 is 5.60 Å². The first-order valence-electron chi connectivity index (χ1n) is 8.93. The number of oxazole rings is 1. The molecule has 0 aliphatic carbocycles. The van der Waals surface area contributed by atoms with Gasteiger partial charge in [-0.15, -0.1) is 0 Å². The highest BCUT2D eigenvalue weighted by molar-refractivity contribution is 6.31. The number of aromatic nitrogens is 1. The minimum atomic E-state index is -0.812. The van der Waals surface area contributed by atoms with Crippen LogP contribution in [0.1, 0.15) is 49.8 Å². The Kier molecular flexibility index (Phi) is 5.68. The maximum Gasteiger partial charge on any atom is 0.254 e. The zero-order chi connectivity index (χ0) is 18.7. The van der Waals surface area contributed by atoms with Gasteiger partial charge in [0.1, 0.15) is 11.4 Å². The molecule has 2 aromatic rings. The van der Waals surface area contributed by atoms with E-state index in [2.05, 4.69) is 4.98 Å². The van der Waals surface area contributed by atoms with Gasteiger partial charge in [0.05, 0.1) is 12.1 Å². The quantitative estimate of drug-likeness (QED) is 0.789. The number of methoxy groups -OCH3 is 1. The monoisotopic (exact) mass is 376 g/mol. The topological polar surface area (TPSA) is 55.6 Å². The molecule has 5 nitrogen and oxygen atoms in total. The Balaban J connectivity index is 1.69. The van der Waals surface area contributed by atoms with Gasteiger partial charge in [-0.25, -0.2) is 4.98 Å². The van der Waals surface area contributed by atoms with Crippen molar-refractivity contribution in [3.63, 3.8) is 0 Å². The molecule has 140 valence electrons. The van der Waals surface area contributed by atoms with E-state index >= 15 is 0 Å². The number of piperidine rings is 1. The number of nitrogens with zero attached hydrogens (tertiary/aromatic N) is 2. The summed E-state index contributed by atoms with van der Waals surface area (Å²) in [7, 11) is 1.56. The van der Waals surface area contributed by atoms with Gasteiger partial charge in [0.2, 0.25) is 0 Å². The van der Waals surface area contributed by atoms with E-state index in [1.54, 1.807) is 27.2 Å². The predicted octanol–water partition coefficient (Wildman–Crippen LogP) is 4.05. The fourth-order valence-corrected chi connectivity index (χ4v) is 3.46. The summed E-state index contributed by atoms with van der Waals surface area (Å²) < 4.78 is 11.3. The van der Waals surface area contributed by atoms with E-state index in [-0.39, 0.29) is 11.8 Å². The van der Waals surface area contributed by atoms with Gasteiger partial charge < -0.3 is 14.1 Å². The summed E-state index contributed by atoms with van der Waals surface area (Å²) in [5.41, 5.74) is 0.201. The zero-order valence-electron chi connectivity index (χ0n) is 15.5. The normalized spacial score (nSPS) is 18.2. The van der Waals surface area contributed by atoms with Crippen LogP contribution in [0.3, 0.4) is 0 Å². The highest BCUT2D eigenvalue weighted by Gasteiger charge is 2.35. The summed E-state index contributed by atoms with van der Waals surface area (Å²) in [4.78, 5) is 19.0. The summed E-state index contributed by atoms with van der Waals surface area (Å²) >= 11 is 6.22. The molecule has 1 aromatic carbocycles. The third kappa shape index (κ3) is 4.10. The lowest BCUT2D eigenvalue weighted by atomic mass is 9.96. The highest BCUT2D eigenvalue weighted by atomic mass is 35.5. The third-order valence-corrected chi connectivity index (χ3v) is 5.35. The molecule has 6 heteroatoms. The average molecular weight is 377 g/mol. The first-order chi connectivity index (χ1) is 12.4. The number of rotatable bonds is 5. The number of carbonyl (C=O) groups excluding carboxylic acids is 1. The van der Waals surface area contributed by atoms with Crippen molar-refractivity contribution in [3.05, 3.63) is 52.7 Å². The molecule has 0 spiro atoms. The predicted molar refractivity (Wildman–Crippen MR) is 100 cm³/mol. The molecule has 0 bridgehead atoms. The van der Waals surface area contributed by atoms with Crippen LogP contribution in [0.5, 0.6) is 0 Å². The molecule has 0 saturated carbocycles. The van der Waals surface area contributed by atoms with Crippen molar-refractivity contribution < 1.29 is 13.9 Å². The fourth-order valence-electron chi connectivity index (χ4n) is 3.25. The number of amides is 1. The second kappa shape index (κ2) is 7.80. The Morgan fingerprint density at radius 1 is 1.42 bits per heavy atom. The Labute approximate surface area is 159 Å². The third-order valence-electron chi connectivity index (χ3n) is 4.98. The van der Waals surface area contributed by atoms with Gasteiger partial charge in [-0.05, 0) is 38.3 Å². The first kappa shape index (κ1) is 18.9. The first-order valence-corrected chi connectivity index (χ1v) is 9.31. The summed E-state index contributed by atoms with van der Waals surface area (Å²) in [5, 5.41) is 0.724. The van der Waals surface area contributed by atoms with Gasteiger partial charge in [-0.3, -0.25) is 4.79 Å². The van der Waals surface area contributed by atoms with Crippen LogP contribution in [0.15, 0.2) is 34.9 Å². The van der Waals surface area contributed by atoms with Crippen molar-refractivity contribution in [1.29, 1.82) is 0 Å². The summed E-state index contributed by atoms with van der Waals surface area (Å²) in [6.07, 6.45) is 4.26. The molecule has 1 aliphatic heterocycles. The molecule has 3 rings (SSSR count). The van der Waals surface area contributed by atoms with E-state index in [9.17, 15) is 4.79 Å². The lowest BCUT2D eigenvalue weighted by Gasteiger charge is -2.36. The smallest absolute Gasteiger partial charge is 0.254 e. The van der Waals surface area contributed by atoms with E-state index in [1.807, 2.05) is 29.2 Å². The summed E-state index contributed by atoms with van der Waals surface area (Å²) in [5.74, 6) is 1.60. The van der Waals surface area contributed by atoms with Crippen LogP contribution < -0.4 is 0 Å². The lowest BCUT2D eigenvalue weighted by molar-refractivity contribution is -0.152. The van der Waals surface area contributed by atoms with Crippen LogP contribution in [-0.2, 0) is 16.0 Å². The number of halogens is 1. The minimum absolute atomic E-state index is 0.00699. The van der Waals surface area contributed by atoms with Gasteiger partial charge in [0.15, 0.2) is 5.89 Å². The molecule has 2 heterocycles. The van der Waals surface area contributed by atoms with E-state index in [0.717, 1.165) is 35.7 Å². The number of benzene rings is 1. The molecule has 26 heavy (non-hydrogen) atoms. The van der Waals surface area contributed by atoms with Crippen LogP contribution in [0.25, 0.3) is 0 Å². The Morgan fingerprint density at radius 2 is 2.19 bits per heavy atom. The summed E-state index contributed by atoms with van der Waals surface area (Å²) in [6, 6.07) is 7.72. The molecule has 0 N–H and O–H groups in total.